The van der Waals surface area contributed by atoms with E-state index in [2.05, 4.69) is 11.0 Å². The highest BCUT2D eigenvalue weighted by molar-refractivity contribution is 5.95. The second-order valence-corrected chi connectivity index (χ2v) is 6.19. The molecule has 0 bridgehead atoms. The average molecular weight is 288 g/mol. The third-order valence-corrected chi connectivity index (χ3v) is 4.75. The second kappa shape index (κ2) is 6.16. The molecule has 1 fully saturated rings. The first kappa shape index (κ1) is 14.5. The zero-order valence-corrected chi connectivity index (χ0v) is 12.7. The zero-order chi connectivity index (χ0) is 14.8. The zero-order valence-electron chi connectivity index (χ0n) is 12.7. The number of hydrogen-bond acceptors (Lipinski definition) is 3. The summed E-state index contributed by atoms with van der Waals surface area (Å²) in [5, 5.41) is 10.4. The van der Waals surface area contributed by atoms with E-state index in [0.717, 1.165) is 30.6 Å². The van der Waals surface area contributed by atoms with Crippen molar-refractivity contribution >= 4 is 11.6 Å². The Morgan fingerprint density at radius 1 is 1.24 bits per heavy atom. The number of aliphatic hydroxyl groups is 1. The van der Waals surface area contributed by atoms with Crippen LogP contribution in [0.1, 0.15) is 42.9 Å². The van der Waals surface area contributed by atoms with Gasteiger partial charge in [-0.3, -0.25) is 4.79 Å². The van der Waals surface area contributed by atoms with Crippen LogP contribution in [0.15, 0.2) is 18.2 Å². The summed E-state index contributed by atoms with van der Waals surface area (Å²) in [5.74, 6) is 0.171. The van der Waals surface area contributed by atoms with Gasteiger partial charge < -0.3 is 14.9 Å². The number of carbonyl (C=O) groups excluding carboxylic acids is 1. The Labute approximate surface area is 126 Å². The molecule has 21 heavy (non-hydrogen) atoms. The Hall–Kier alpha value is -1.39. The number of amides is 1. The van der Waals surface area contributed by atoms with Crippen molar-refractivity contribution in [1.82, 2.24) is 4.90 Å². The molecule has 1 atom stereocenters. The van der Waals surface area contributed by atoms with Gasteiger partial charge in [-0.05, 0) is 56.0 Å². The lowest BCUT2D eigenvalue weighted by Crippen LogP contribution is -2.31. The molecule has 0 saturated carbocycles. The van der Waals surface area contributed by atoms with E-state index in [1.54, 1.807) is 4.90 Å². The molecule has 1 saturated heterocycles. The SMILES string of the molecule is CN1C(=O)CCc2cc(C(O)CCN3CCCC3)ccc21. The van der Waals surface area contributed by atoms with Gasteiger partial charge in [-0.25, -0.2) is 0 Å². The number of benzene rings is 1. The Kier molecular flexibility index (Phi) is 4.27. The molecular formula is C17H24N2O2. The second-order valence-electron chi connectivity index (χ2n) is 6.19. The molecule has 4 heteroatoms. The fraction of sp³-hybridized carbons (Fsp3) is 0.588. The summed E-state index contributed by atoms with van der Waals surface area (Å²) in [6.07, 6.45) is 4.30. The lowest BCUT2D eigenvalue weighted by atomic mass is 9.96. The van der Waals surface area contributed by atoms with Gasteiger partial charge in [-0.2, -0.15) is 0 Å². The van der Waals surface area contributed by atoms with Gasteiger partial charge >= 0.3 is 0 Å². The van der Waals surface area contributed by atoms with Crippen LogP contribution in [0.5, 0.6) is 0 Å². The molecule has 2 aliphatic heterocycles. The van der Waals surface area contributed by atoms with E-state index < -0.39 is 6.10 Å². The molecule has 0 spiro atoms. The minimum Gasteiger partial charge on any atom is -0.388 e. The minimum atomic E-state index is -0.404. The van der Waals surface area contributed by atoms with Crippen molar-refractivity contribution in [2.45, 2.75) is 38.2 Å². The first-order valence-corrected chi connectivity index (χ1v) is 7.95. The number of aliphatic hydroxyl groups excluding tert-OH is 1. The number of rotatable bonds is 4. The summed E-state index contributed by atoms with van der Waals surface area (Å²) in [7, 11) is 1.82. The molecule has 1 aromatic carbocycles. The van der Waals surface area contributed by atoms with Crippen LogP contribution in [0.2, 0.25) is 0 Å². The van der Waals surface area contributed by atoms with Crippen LogP contribution in [-0.4, -0.2) is 42.6 Å². The lowest BCUT2D eigenvalue weighted by molar-refractivity contribution is -0.118. The van der Waals surface area contributed by atoms with Gasteiger partial charge in [0.15, 0.2) is 0 Å². The average Bonchev–Trinajstić information content (AvgIpc) is 3.01. The van der Waals surface area contributed by atoms with E-state index >= 15 is 0 Å². The molecule has 0 radical (unpaired) electrons. The number of carbonyl (C=O) groups is 1. The van der Waals surface area contributed by atoms with Crippen molar-refractivity contribution in [3.63, 3.8) is 0 Å². The number of anilines is 1. The molecule has 0 aromatic heterocycles. The molecule has 114 valence electrons. The third kappa shape index (κ3) is 3.11. The van der Waals surface area contributed by atoms with Crippen molar-refractivity contribution < 1.29 is 9.90 Å². The monoisotopic (exact) mass is 288 g/mol. The summed E-state index contributed by atoms with van der Waals surface area (Å²) in [6, 6.07) is 6.01. The molecule has 1 amide bonds. The highest BCUT2D eigenvalue weighted by Crippen LogP contribution is 2.30. The Balaban J connectivity index is 1.66. The van der Waals surface area contributed by atoms with Crippen molar-refractivity contribution in [1.29, 1.82) is 0 Å². The summed E-state index contributed by atoms with van der Waals surface area (Å²) in [4.78, 5) is 15.8. The maximum Gasteiger partial charge on any atom is 0.227 e. The van der Waals surface area contributed by atoms with Crippen LogP contribution >= 0.6 is 0 Å². The maximum absolute atomic E-state index is 11.7. The third-order valence-electron chi connectivity index (χ3n) is 4.75. The van der Waals surface area contributed by atoms with Gasteiger partial charge in [-0.15, -0.1) is 0 Å². The molecule has 1 N–H and O–H groups in total. The predicted octanol–water partition coefficient (Wildman–Crippen LogP) is 2.11. The van der Waals surface area contributed by atoms with Gasteiger partial charge in [-0.1, -0.05) is 12.1 Å². The van der Waals surface area contributed by atoms with Crippen molar-refractivity contribution in [2.75, 3.05) is 31.6 Å². The summed E-state index contributed by atoms with van der Waals surface area (Å²) in [6.45, 7) is 3.31. The largest absolute Gasteiger partial charge is 0.388 e. The fourth-order valence-electron chi connectivity index (χ4n) is 3.36. The summed E-state index contributed by atoms with van der Waals surface area (Å²) in [5.41, 5.74) is 3.15. The van der Waals surface area contributed by atoms with Crippen molar-refractivity contribution in [3.8, 4) is 0 Å². The Morgan fingerprint density at radius 2 is 2.00 bits per heavy atom. The first-order valence-electron chi connectivity index (χ1n) is 7.95. The standard InChI is InChI=1S/C17H24N2O2/c1-18-15-6-4-14(12-13(15)5-7-17(18)21)16(20)8-11-19-9-2-3-10-19/h4,6,12,16,20H,2-3,5,7-11H2,1H3. The smallest absolute Gasteiger partial charge is 0.227 e. The van der Waals surface area contributed by atoms with Crippen LogP contribution in [-0.2, 0) is 11.2 Å². The molecule has 1 aromatic rings. The number of aryl methyl sites for hydroxylation is 1. The molecule has 0 aliphatic carbocycles. The van der Waals surface area contributed by atoms with Crippen molar-refractivity contribution in [2.24, 2.45) is 0 Å². The number of fused-ring (bicyclic) bond motifs is 1. The van der Waals surface area contributed by atoms with Gasteiger partial charge in [0.05, 0.1) is 6.10 Å². The van der Waals surface area contributed by atoms with Gasteiger partial charge in [0, 0.05) is 25.7 Å². The van der Waals surface area contributed by atoms with E-state index in [1.165, 1.54) is 31.5 Å². The molecule has 1 unspecified atom stereocenters. The summed E-state index contributed by atoms with van der Waals surface area (Å²) >= 11 is 0. The van der Waals surface area contributed by atoms with Crippen LogP contribution in [0.3, 0.4) is 0 Å². The highest BCUT2D eigenvalue weighted by Gasteiger charge is 2.22. The molecule has 2 aliphatic rings. The summed E-state index contributed by atoms with van der Waals surface area (Å²) < 4.78 is 0. The number of hydrogen-bond donors (Lipinski definition) is 1. The number of likely N-dealkylation sites (tertiary alicyclic amines) is 1. The highest BCUT2D eigenvalue weighted by atomic mass is 16.3. The van der Waals surface area contributed by atoms with Crippen LogP contribution in [0, 0.1) is 0 Å². The van der Waals surface area contributed by atoms with E-state index in [1.807, 2.05) is 19.2 Å². The van der Waals surface area contributed by atoms with E-state index in [9.17, 15) is 9.90 Å². The Bertz CT molecular complexity index is 524. The van der Waals surface area contributed by atoms with Crippen LogP contribution in [0.25, 0.3) is 0 Å². The quantitative estimate of drug-likeness (QED) is 0.923. The lowest BCUT2D eigenvalue weighted by Gasteiger charge is -2.27. The minimum absolute atomic E-state index is 0.171. The van der Waals surface area contributed by atoms with Gasteiger partial charge in [0.25, 0.3) is 0 Å². The van der Waals surface area contributed by atoms with Crippen molar-refractivity contribution in [3.05, 3.63) is 29.3 Å². The molecule has 3 rings (SSSR count). The van der Waals surface area contributed by atoms with E-state index in [-0.39, 0.29) is 5.91 Å². The molecular weight excluding hydrogens is 264 g/mol. The van der Waals surface area contributed by atoms with Crippen LogP contribution in [0.4, 0.5) is 5.69 Å². The van der Waals surface area contributed by atoms with E-state index in [0.29, 0.717) is 6.42 Å². The first-order chi connectivity index (χ1) is 10.1. The molecule has 2 heterocycles. The maximum atomic E-state index is 11.7. The fourth-order valence-corrected chi connectivity index (χ4v) is 3.36. The topological polar surface area (TPSA) is 43.8 Å². The van der Waals surface area contributed by atoms with Gasteiger partial charge in [0.2, 0.25) is 5.91 Å². The number of nitrogens with zero attached hydrogens (tertiary/aromatic N) is 2. The Morgan fingerprint density at radius 3 is 2.76 bits per heavy atom. The predicted molar refractivity (Wildman–Crippen MR) is 83.4 cm³/mol. The van der Waals surface area contributed by atoms with Crippen LogP contribution < -0.4 is 4.90 Å². The van der Waals surface area contributed by atoms with E-state index in [4.69, 9.17) is 0 Å². The normalized spacial score (nSPS) is 20.7. The van der Waals surface area contributed by atoms with Gasteiger partial charge in [0.1, 0.15) is 0 Å². The molecule has 4 nitrogen and oxygen atoms in total.